The number of esters is 1. The molecule has 8 nitrogen and oxygen atoms in total. The molecule has 1 aliphatic rings. The first kappa shape index (κ1) is 19.6. The summed E-state index contributed by atoms with van der Waals surface area (Å²) in [5, 5.41) is 0. The van der Waals surface area contributed by atoms with Crippen LogP contribution in [0.1, 0.15) is 19.8 Å². The van der Waals surface area contributed by atoms with Crippen molar-refractivity contribution >= 4 is 16.0 Å². The minimum absolute atomic E-state index is 0.0791. The summed E-state index contributed by atoms with van der Waals surface area (Å²) in [5.41, 5.74) is -0.261. The number of sulfonamides is 1. The first-order valence-electron chi connectivity index (χ1n) is 8.39. The van der Waals surface area contributed by atoms with Crippen molar-refractivity contribution in [3.05, 3.63) is 28.7 Å². The van der Waals surface area contributed by atoms with Crippen molar-refractivity contribution in [2.75, 3.05) is 33.8 Å². The molecule has 0 radical (unpaired) electrons. The number of hydrogen-bond donors (Lipinski definition) is 1. The number of carbonyl (C=O) groups excluding carboxylic acids is 1. The molecule has 2 atom stereocenters. The van der Waals surface area contributed by atoms with Crippen molar-refractivity contribution in [3.8, 4) is 0 Å². The molecule has 0 aliphatic carbocycles. The van der Waals surface area contributed by atoms with Crippen LogP contribution in [0.25, 0.3) is 0 Å². The van der Waals surface area contributed by atoms with Gasteiger partial charge in [0.25, 0.3) is 5.56 Å². The summed E-state index contributed by atoms with van der Waals surface area (Å²) in [7, 11) is -0.700. The van der Waals surface area contributed by atoms with E-state index in [2.05, 4.69) is 0 Å². The zero-order chi connectivity index (χ0) is 18.6. The van der Waals surface area contributed by atoms with Gasteiger partial charge < -0.3 is 9.64 Å². The number of nitrogens with one attached hydrogen (secondary N) is 1. The number of likely N-dealkylation sites (tertiary alicyclic amines) is 1. The molecule has 0 saturated carbocycles. The lowest BCUT2D eigenvalue weighted by Gasteiger charge is -2.29. The zero-order valence-electron chi connectivity index (χ0n) is 14.9. The third kappa shape index (κ3) is 4.68. The van der Waals surface area contributed by atoms with E-state index in [-0.39, 0.29) is 22.3 Å². The van der Waals surface area contributed by atoms with Gasteiger partial charge in [0.15, 0.2) is 6.67 Å². The highest BCUT2D eigenvalue weighted by Crippen LogP contribution is 2.11. The molecule has 1 N–H and O–H groups in total. The van der Waals surface area contributed by atoms with Crippen molar-refractivity contribution < 1.29 is 22.8 Å². The second-order valence-electron chi connectivity index (χ2n) is 6.41. The second-order valence-corrected chi connectivity index (χ2v) is 8.57. The van der Waals surface area contributed by atoms with Crippen LogP contribution in [0.4, 0.5) is 0 Å². The Labute approximate surface area is 148 Å². The molecule has 1 unspecified atom stereocenters. The molecule has 0 aromatic carbocycles. The van der Waals surface area contributed by atoms with Crippen LogP contribution in [0, 0.1) is 5.92 Å². The Balaban J connectivity index is 2.17. The molecule has 1 aromatic rings. The van der Waals surface area contributed by atoms with Crippen LogP contribution in [0.15, 0.2) is 28.0 Å². The third-order valence-electron chi connectivity index (χ3n) is 4.37. The summed E-state index contributed by atoms with van der Waals surface area (Å²) in [6.45, 7) is 3.87. The van der Waals surface area contributed by atoms with E-state index in [4.69, 9.17) is 4.74 Å². The zero-order valence-corrected chi connectivity index (χ0v) is 15.7. The average molecular weight is 372 g/mol. The Morgan fingerprint density at radius 2 is 2.12 bits per heavy atom. The topological polar surface area (TPSA) is 90.1 Å². The quantitative estimate of drug-likeness (QED) is 0.641. The second kappa shape index (κ2) is 8.11. The molecule has 0 amide bonds. The van der Waals surface area contributed by atoms with E-state index < -0.39 is 10.0 Å². The molecule has 1 aliphatic heterocycles. The Kier molecular flexibility index (Phi) is 6.36. The molecular weight excluding hydrogens is 346 g/mol. The van der Waals surface area contributed by atoms with Crippen molar-refractivity contribution in [1.29, 1.82) is 0 Å². The SMILES string of the molecule is CCOC(=O)[C@H]1CCC[NH+](Cn2cc(S(=O)(=O)N(C)C)ccc2=O)C1. The van der Waals surface area contributed by atoms with E-state index in [1.165, 1.54) is 37.0 Å². The summed E-state index contributed by atoms with van der Waals surface area (Å²) in [6.07, 6.45) is 3.02. The first-order chi connectivity index (χ1) is 11.8. The van der Waals surface area contributed by atoms with E-state index in [9.17, 15) is 18.0 Å². The maximum Gasteiger partial charge on any atom is 0.314 e. The Morgan fingerprint density at radius 3 is 2.76 bits per heavy atom. The number of hydrogen-bond acceptors (Lipinski definition) is 5. The lowest BCUT2D eigenvalue weighted by atomic mass is 9.98. The Bertz CT molecular complexity index is 772. The maximum atomic E-state index is 12.2. The lowest BCUT2D eigenvalue weighted by molar-refractivity contribution is -0.930. The van der Waals surface area contributed by atoms with Gasteiger partial charge in [0.05, 0.1) is 24.6 Å². The summed E-state index contributed by atoms with van der Waals surface area (Å²) in [5.74, 6) is -0.371. The van der Waals surface area contributed by atoms with Crippen molar-refractivity contribution in [2.45, 2.75) is 31.3 Å². The van der Waals surface area contributed by atoms with E-state index in [1.54, 1.807) is 6.92 Å². The Hall–Kier alpha value is -1.71. The highest BCUT2D eigenvalue weighted by Gasteiger charge is 2.30. The van der Waals surface area contributed by atoms with Gasteiger partial charge in [0.2, 0.25) is 10.0 Å². The molecule has 0 spiro atoms. The number of piperidine rings is 1. The van der Waals surface area contributed by atoms with Crippen molar-refractivity contribution in [3.63, 3.8) is 0 Å². The smallest absolute Gasteiger partial charge is 0.314 e. The van der Waals surface area contributed by atoms with Gasteiger partial charge in [-0.15, -0.1) is 0 Å². The van der Waals surface area contributed by atoms with Gasteiger partial charge in [-0.05, 0) is 25.8 Å². The van der Waals surface area contributed by atoms with Gasteiger partial charge in [-0.25, -0.2) is 12.7 Å². The van der Waals surface area contributed by atoms with E-state index >= 15 is 0 Å². The number of nitrogens with zero attached hydrogens (tertiary/aromatic N) is 2. The standard InChI is InChI=1S/C16H25N3O5S/c1-4-24-16(21)13-6-5-9-18(10-13)12-19-11-14(7-8-15(19)20)25(22,23)17(2)3/h7-8,11,13H,4-6,9-10,12H2,1-3H3/p+1/t13-/m0/s1. The third-order valence-corrected chi connectivity index (χ3v) is 6.17. The highest BCUT2D eigenvalue weighted by molar-refractivity contribution is 7.89. The first-order valence-corrected chi connectivity index (χ1v) is 9.83. The molecule has 140 valence electrons. The van der Waals surface area contributed by atoms with Crippen LogP contribution >= 0.6 is 0 Å². The number of ether oxygens (including phenoxy) is 1. The number of quaternary nitrogens is 1. The van der Waals surface area contributed by atoms with Crippen LogP contribution in [-0.2, 0) is 26.2 Å². The van der Waals surface area contributed by atoms with Crippen LogP contribution in [-0.4, -0.2) is 57.1 Å². The predicted molar refractivity (Wildman–Crippen MR) is 91.6 cm³/mol. The molecular formula is C16H26N3O5S+. The molecule has 1 fully saturated rings. The van der Waals surface area contributed by atoms with E-state index in [0.717, 1.165) is 28.6 Å². The minimum Gasteiger partial charge on any atom is -0.466 e. The van der Waals surface area contributed by atoms with Gasteiger partial charge in [-0.3, -0.25) is 14.2 Å². The number of rotatable bonds is 6. The summed E-state index contributed by atoms with van der Waals surface area (Å²) in [6, 6.07) is 2.59. The fraction of sp³-hybridized carbons (Fsp3) is 0.625. The maximum absolute atomic E-state index is 12.2. The fourth-order valence-corrected chi connectivity index (χ4v) is 3.92. The van der Waals surface area contributed by atoms with Gasteiger partial charge >= 0.3 is 5.97 Å². The van der Waals surface area contributed by atoms with Crippen molar-refractivity contribution in [1.82, 2.24) is 8.87 Å². The summed E-state index contributed by atoms with van der Waals surface area (Å²) in [4.78, 5) is 25.2. The number of aromatic nitrogens is 1. The summed E-state index contributed by atoms with van der Waals surface area (Å²) >= 11 is 0. The van der Waals surface area contributed by atoms with Crippen LogP contribution in [0.2, 0.25) is 0 Å². The number of pyridine rings is 1. The average Bonchev–Trinajstić information content (AvgIpc) is 2.57. The van der Waals surface area contributed by atoms with Crippen molar-refractivity contribution in [2.24, 2.45) is 5.92 Å². The monoisotopic (exact) mass is 372 g/mol. The normalized spacial score (nSPS) is 21.3. The molecule has 9 heteroatoms. The summed E-state index contributed by atoms with van der Waals surface area (Å²) < 4.78 is 32.1. The van der Waals surface area contributed by atoms with Crippen LogP contribution in [0.3, 0.4) is 0 Å². The number of carbonyl (C=O) groups is 1. The van der Waals surface area contributed by atoms with Gasteiger partial charge in [0.1, 0.15) is 5.92 Å². The van der Waals surface area contributed by atoms with E-state index in [1.807, 2.05) is 0 Å². The Morgan fingerprint density at radius 1 is 1.40 bits per heavy atom. The van der Waals surface area contributed by atoms with E-state index in [0.29, 0.717) is 19.8 Å². The predicted octanol–water partition coefficient (Wildman–Crippen LogP) is -1.09. The highest BCUT2D eigenvalue weighted by atomic mass is 32.2. The van der Waals surface area contributed by atoms with Crippen LogP contribution in [0.5, 0.6) is 0 Å². The lowest BCUT2D eigenvalue weighted by Crippen LogP contribution is -3.13. The largest absolute Gasteiger partial charge is 0.466 e. The fourth-order valence-electron chi connectivity index (χ4n) is 2.99. The van der Waals surface area contributed by atoms with Gasteiger partial charge in [-0.1, -0.05) is 0 Å². The minimum atomic E-state index is -3.60. The van der Waals surface area contributed by atoms with Crippen LogP contribution < -0.4 is 10.5 Å². The van der Waals surface area contributed by atoms with Gasteiger partial charge in [0, 0.05) is 26.4 Å². The molecule has 2 heterocycles. The van der Waals surface area contributed by atoms with Gasteiger partial charge in [-0.2, -0.15) is 0 Å². The molecule has 25 heavy (non-hydrogen) atoms. The molecule has 1 saturated heterocycles. The molecule has 0 bridgehead atoms. The molecule has 2 rings (SSSR count). The molecule has 1 aromatic heterocycles.